The molecule has 0 aliphatic carbocycles. The molecule has 0 unspecified atom stereocenters. The second-order valence-electron chi connectivity index (χ2n) is 4.61. The van der Waals surface area contributed by atoms with Crippen LogP contribution < -0.4 is 14.8 Å². The highest BCUT2D eigenvalue weighted by Gasteiger charge is 2.25. The molecule has 1 aromatic carbocycles. The summed E-state index contributed by atoms with van der Waals surface area (Å²) in [6.45, 7) is 4.70. The van der Waals surface area contributed by atoms with Crippen molar-refractivity contribution in [2.75, 3.05) is 19.9 Å². The summed E-state index contributed by atoms with van der Waals surface area (Å²) in [5.41, 5.74) is 2.60. The summed E-state index contributed by atoms with van der Waals surface area (Å²) in [5, 5.41) is 3.39. The van der Waals surface area contributed by atoms with Gasteiger partial charge in [-0.1, -0.05) is 6.07 Å². The number of rotatable bonds is 1. The molecule has 2 aliphatic heterocycles. The Kier molecular flexibility index (Phi) is 2.48. The number of nitrogens with one attached hydrogen (secondary N) is 1. The highest BCUT2D eigenvalue weighted by Crippen LogP contribution is 2.42. The molecule has 3 rings (SSSR count). The molecule has 3 nitrogen and oxygen atoms in total. The van der Waals surface area contributed by atoms with E-state index in [1.807, 2.05) is 0 Å². The number of hydrogen-bond donors (Lipinski definition) is 1. The van der Waals surface area contributed by atoms with Crippen molar-refractivity contribution in [2.45, 2.75) is 25.7 Å². The fourth-order valence-electron chi connectivity index (χ4n) is 2.62. The van der Waals surface area contributed by atoms with Gasteiger partial charge in [-0.25, -0.2) is 0 Å². The van der Waals surface area contributed by atoms with E-state index in [0.29, 0.717) is 12.7 Å². The molecule has 0 radical (unpaired) electrons. The average molecular weight is 219 g/mol. The zero-order chi connectivity index (χ0) is 11.0. The largest absolute Gasteiger partial charge is 0.454 e. The van der Waals surface area contributed by atoms with Crippen molar-refractivity contribution >= 4 is 0 Å². The van der Waals surface area contributed by atoms with E-state index in [0.717, 1.165) is 24.6 Å². The number of benzene rings is 1. The van der Waals surface area contributed by atoms with Crippen LogP contribution in [0.4, 0.5) is 0 Å². The molecule has 1 aromatic rings. The number of aryl methyl sites for hydroxylation is 1. The van der Waals surface area contributed by atoms with Gasteiger partial charge in [-0.05, 0) is 50.4 Å². The third-order valence-electron chi connectivity index (χ3n) is 3.42. The first-order valence-corrected chi connectivity index (χ1v) is 5.95. The molecule has 0 amide bonds. The number of ether oxygens (including phenoxy) is 2. The van der Waals surface area contributed by atoms with E-state index in [2.05, 4.69) is 24.4 Å². The Morgan fingerprint density at radius 3 is 2.81 bits per heavy atom. The first-order chi connectivity index (χ1) is 7.84. The molecular formula is C13H17NO2. The fourth-order valence-corrected chi connectivity index (χ4v) is 2.62. The maximum Gasteiger partial charge on any atom is 0.231 e. The molecule has 0 bridgehead atoms. The van der Waals surface area contributed by atoms with Crippen LogP contribution in [0.25, 0.3) is 0 Å². The summed E-state index contributed by atoms with van der Waals surface area (Å²) in [4.78, 5) is 0. The van der Waals surface area contributed by atoms with E-state index >= 15 is 0 Å². The fraction of sp³-hybridized carbons (Fsp3) is 0.538. The highest BCUT2D eigenvalue weighted by atomic mass is 16.7. The quantitative estimate of drug-likeness (QED) is 0.785. The van der Waals surface area contributed by atoms with Gasteiger partial charge in [0.1, 0.15) is 0 Å². The van der Waals surface area contributed by atoms with Gasteiger partial charge < -0.3 is 14.8 Å². The zero-order valence-corrected chi connectivity index (χ0v) is 9.58. The minimum atomic E-state index is 0.372. The Bertz CT molecular complexity index is 397. The minimum Gasteiger partial charge on any atom is -0.454 e. The molecule has 3 heteroatoms. The molecule has 16 heavy (non-hydrogen) atoms. The Labute approximate surface area is 95.8 Å². The highest BCUT2D eigenvalue weighted by molar-refractivity contribution is 5.52. The van der Waals surface area contributed by atoms with Crippen LogP contribution in [0.1, 0.15) is 29.9 Å². The van der Waals surface area contributed by atoms with Crippen molar-refractivity contribution in [1.82, 2.24) is 5.32 Å². The van der Waals surface area contributed by atoms with Gasteiger partial charge in [-0.3, -0.25) is 0 Å². The van der Waals surface area contributed by atoms with E-state index in [-0.39, 0.29) is 0 Å². The lowest BCUT2D eigenvalue weighted by Gasteiger charge is -2.24. The van der Waals surface area contributed by atoms with Crippen molar-refractivity contribution in [3.8, 4) is 11.5 Å². The van der Waals surface area contributed by atoms with Gasteiger partial charge in [-0.15, -0.1) is 0 Å². The second kappa shape index (κ2) is 3.98. The predicted octanol–water partition coefficient (Wildman–Crippen LogP) is 2.19. The van der Waals surface area contributed by atoms with Crippen molar-refractivity contribution in [2.24, 2.45) is 0 Å². The number of hydrogen-bond acceptors (Lipinski definition) is 3. The number of piperidine rings is 1. The Morgan fingerprint density at radius 1 is 1.19 bits per heavy atom. The van der Waals surface area contributed by atoms with E-state index in [1.54, 1.807) is 0 Å². The second-order valence-corrected chi connectivity index (χ2v) is 4.61. The monoisotopic (exact) mass is 219 g/mol. The van der Waals surface area contributed by atoms with Gasteiger partial charge in [0.15, 0.2) is 11.5 Å². The molecule has 86 valence electrons. The summed E-state index contributed by atoms with van der Waals surface area (Å²) < 4.78 is 11.1. The van der Waals surface area contributed by atoms with Crippen LogP contribution in [0.15, 0.2) is 12.1 Å². The summed E-state index contributed by atoms with van der Waals surface area (Å²) >= 11 is 0. The normalized spacial score (nSPS) is 20.1. The summed E-state index contributed by atoms with van der Waals surface area (Å²) in [7, 11) is 0. The van der Waals surface area contributed by atoms with Gasteiger partial charge in [-0.2, -0.15) is 0 Å². The summed E-state index contributed by atoms with van der Waals surface area (Å²) in [6, 6.07) is 4.32. The first kappa shape index (κ1) is 9.97. The molecule has 2 heterocycles. The zero-order valence-electron chi connectivity index (χ0n) is 9.58. The number of fused-ring (bicyclic) bond motifs is 1. The Balaban J connectivity index is 1.99. The molecule has 1 saturated heterocycles. The van der Waals surface area contributed by atoms with Crippen molar-refractivity contribution in [1.29, 1.82) is 0 Å². The molecule has 1 N–H and O–H groups in total. The third kappa shape index (κ3) is 1.65. The van der Waals surface area contributed by atoms with Crippen LogP contribution in [-0.2, 0) is 0 Å². The van der Waals surface area contributed by atoms with E-state index in [1.165, 1.54) is 24.0 Å². The van der Waals surface area contributed by atoms with Crippen LogP contribution in [0, 0.1) is 6.92 Å². The molecule has 0 atom stereocenters. The minimum absolute atomic E-state index is 0.372. The van der Waals surface area contributed by atoms with Crippen LogP contribution in [-0.4, -0.2) is 19.9 Å². The average Bonchev–Trinajstić information content (AvgIpc) is 2.77. The van der Waals surface area contributed by atoms with Crippen molar-refractivity contribution in [3.63, 3.8) is 0 Å². The van der Waals surface area contributed by atoms with Gasteiger partial charge in [0.05, 0.1) is 0 Å². The standard InChI is InChI=1S/C13H17NO2/c1-9-6-11(10-2-4-14-5-3-10)13-12(7-9)15-8-16-13/h6-7,10,14H,2-5,8H2,1H3. The topological polar surface area (TPSA) is 30.5 Å². The van der Waals surface area contributed by atoms with Gasteiger partial charge in [0.2, 0.25) is 6.79 Å². The van der Waals surface area contributed by atoms with E-state index in [4.69, 9.17) is 9.47 Å². The van der Waals surface area contributed by atoms with Gasteiger partial charge in [0.25, 0.3) is 0 Å². The lowest BCUT2D eigenvalue weighted by Crippen LogP contribution is -2.26. The van der Waals surface area contributed by atoms with Crippen LogP contribution in [0.5, 0.6) is 11.5 Å². The van der Waals surface area contributed by atoms with E-state index in [9.17, 15) is 0 Å². The van der Waals surface area contributed by atoms with E-state index < -0.39 is 0 Å². The van der Waals surface area contributed by atoms with Crippen LogP contribution in [0.2, 0.25) is 0 Å². The molecule has 0 spiro atoms. The molecule has 2 aliphatic rings. The molecule has 1 fully saturated rings. The molecule has 0 saturated carbocycles. The van der Waals surface area contributed by atoms with Gasteiger partial charge in [0, 0.05) is 5.56 Å². The third-order valence-corrected chi connectivity index (χ3v) is 3.42. The summed E-state index contributed by atoms with van der Waals surface area (Å²) in [5.74, 6) is 2.53. The van der Waals surface area contributed by atoms with Crippen molar-refractivity contribution < 1.29 is 9.47 Å². The maximum atomic E-state index is 5.60. The van der Waals surface area contributed by atoms with Gasteiger partial charge >= 0.3 is 0 Å². The lowest BCUT2D eigenvalue weighted by molar-refractivity contribution is 0.172. The SMILES string of the molecule is Cc1cc2c(c(C3CCNCC3)c1)OCO2. The predicted molar refractivity (Wildman–Crippen MR) is 62.1 cm³/mol. The molecule has 0 aromatic heterocycles. The smallest absolute Gasteiger partial charge is 0.231 e. The van der Waals surface area contributed by atoms with Crippen LogP contribution >= 0.6 is 0 Å². The molecular weight excluding hydrogens is 202 g/mol. The Hall–Kier alpha value is -1.22. The lowest BCUT2D eigenvalue weighted by atomic mass is 9.88. The van der Waals surface area contributed by atoms with Crippen molar-refractivity contribution in [3.05, 3.63) is 23.3 Å². The first-order valence-electron chi connectivity index (χ1n) is 5.95. The Morgan fingerprint density at radius 2 is 2.00 bits per heavy atom. The maximum absolute atomic E-state index is 5.60. The van der Waals surface area contributed by atoms with Crippen LogP contribution in [0.3, 0.4) is 0 Å². The summed E-state index contributed by atoms with van der Waals surface area (Å²) in [6.07, 6.45) is 2.39.